The molecule has 20 heavy (non-hydrogen) atoms. The van der Waals surface area contributed by atoms with E-state index in [-0.39, 0.29) is 9.35 Å². The molecule has 1 aliphatic carbocycles. The molecule has 0 aromatic carbocycles. The summed E-state index contributed by atoms with van der Waals surface area (Å²) in [6.07, 6.45) is -3.47. The summed E-state index contributed by atoms with van der Waals surface area (Å²) < 4.78 is 39.7. The minimum Gasteiger partial charge on any atom is -0.374 e. The van der Waals surface area contributed by atoms with Crippen molar-refractivity contribution in [3.63, 3.8) is 0 Å². The third kappa shape index (κ3) is 2.01. The highest BCUT2D eigenvalue weighted by atomic mass is 32.2. The number of carbonyl (C=O) groups is 1. The topological polar surface area (TPSA) is 63.5 Å². The largest absolute Gasteiger partial charge is 0.471 e. The molecule has 1 aliphatic heterocycles. The number of alkyl halides is 3. The van der Waals surface area contributed by atoms with E-state index < -0.39 is 27.6 Å². The molecule has 0 spiro atoms. The number of rotatable bonds is 2. The van der Waals surface area contributed by atoms with Crippen LogP contribution in [-0.2, 0) is 0 Å². The Labute approximate surface area is 120 Å². The summed E-state index contributed by atoms with van der Waals surface area (Å²) >= 11 is 1.48. The normalized spacial score (nSPS) is 29.6. The lowest BCUT2D eigenvalue weighted by molar-refractivity contribution is -0.588. The van der Waals surface area contributed by atoms with E-state index in [1.54, 1.807) is 0 Å². The molecule has 110 valence electrons. The van der Waals surface area contributed by atoms with E-state index in [0.717, 1.165) is 22.7 Å². The van der Waals surface area contributed by atoms with Crippen LogP contribution in [0.15, 0.2) is 22.8 Å². The number of thioether (sulfide) groups is 2. The van der Waals surface area contributed by atoms with Gasteiger partial charge < -0.3 is 4.90 Å². The molecule has 0 aromatic rings. The molecule has 1 saturated heterocycles. The standard InChI is InChI=1S/C10H9F3N2O3S2/c1-14(2)7-6-5(19-8(16)20-6)3-4-9(7,15(17)18)10(11,12)13/h3-5H,1-2H3. The van der Waals surface area contributed by atoms with Gasteiger partial charge in [-0.2, -0.15) is 13.2 Å². The van der Waals surface area contributed by atoms with Crippen LogP contribution in [0.3, 0.4) is 0 Å². The molecule has 5 nitrogen and oxygen atoms in total. The lowest BCUT2D eigenvalue weighted by Crippen LogP contribution is -2.56. The van der Waals surface area contributed by atoms with Crippen molar-refractivity contribution in [2.75, 3.05) is 14.1 Å². The summed E-state index contributed by atoms with van der Waals surface area (Å²) in [6, 6.07) is 0. The van der Waals surface area contributed by atoms with Crippen LogP contribution in [0.2, 0.25) is 0 Å². The molecule has 0 amide bonds. The zero-order valence-electron chi connectivity index (χ0n) is 10.3. The minimum atomic E-state index is -5.10. The predicted molar refractivity (Wildman–Crippen MR) is 70.0 cm³/mol. The summed E-state index contributed by atoms with van der Waals surface area (Å²) in [5.41, 5.74) is -3.80. The molecule has 0 bridgehead atoms. The van der Waals surface area contributed by atoms with Crippen molar-refractivity contribution in [1.29, 1.82) is 0 Å². The number of nitrogens with zero attached hydrogens (tertiary/aromatic N) is 2. The molecule has 2 rings (SSSR count). The Hall–Kier alpha value is -1.16. The van der Waals surface area contributed by atoms with Gasteiger partial charge in [0.05, 0.1) is 5.25 Å². The Morgan fingerprint density at radius 1 is 1.45 bits per heavy atom. The zero-order chi connectivity index (χ0) is 15.3. The van der Waals surface area contributed by atoms with Crippen LogP contribution in [0, 0.1) is 10.1 Å². The molecular weight excluding hydrogens is 317 g/mol. The number of halogens is 3. The van der Waals surface area contributed by atoms with Crippen molar-refractivity contribution < 1.29 is 22.9 Å². The average Bonchev–Trinajstić information content (AvgIpc) is 2.64. The Morgan fingerprint density at radius 3 is 2.50 bits per heavy atom. The van der Waals surface area contributed by atoms with E-state index >= 15 is 0 Å². The highest BCUT2D eigenvalue weighted by molar-refractivity contribution is 8.43. The third-order valence-electron chi connectivity index (χ3n) is 2.95. The SMILES string of the molecule is CN(C)C1=C2SC(=O)SC2C=CC1([N+](=O)[O-])C(F)(F)F. The van der Waals surface area contributed by atoms with Crippen molar-refractivity contribution >= 4 is 28.0 Å². The first kappa shape index (κ1) is 15.2. The zero-order valence-corrected chi connectivity index (χ0v) is 11.9. The summed E-state index contributed by atoms with van der Waals surface area (Å²) in [4.78, 5) is 22.4. The van der Waals surface area contributed by atoms with E-state index in [4.69, 9.17) is 0 Å². The van der Waals surface area contributed by atoms with Crippen molar-refractivity contribution in [2.24, 2.45) is 0 Å². The Kier molecular flexibility index (Phi) is 3.57. The lowest BCUT2D eigenvalue weighted by atomic mass is 9.88. The summed E-state index contributed by atoms with van der Waals surface area (Å²) in [5.74, 6) is 0. The van der Waals surface area contributed by atoms with Crippen LogP contribution in [0.1, 0.15) is 0 Å². The molecule has 1 heterocycles. The van der Waals surface area contributed by atoms with Crippen LogP contribution >= 0.6 is 23.5 Å². The molecule has 2 atom stereocenters. The van der Waals surface area contributed by atoms with Gasteiger partial charge in [0.25, 0.3) is 4.45 Å². The second-order valence-corrected chi connectivity index (χ2v) is 6.77. The molecular formula is C10H9F3N2O3S2. The average molecular weight is 326 g/mol. The maximum Gasteiger partial charge on any atom is 0.471 e. The quantitative estimate of drug-likeness (QED) is 0.442. The minimum absolute atomic E-state index is 0.0847. The van der Waals surface area contributed by atoms with Gasteiger partial charge >= 0.3 is 11.7 Å². The Morgan fingerprint density at radius 2 is 2.05 bits per heavy atom. The molecule has 2 aliphatic rings. The first-order valence-electron chi connectivity index (χ1n) is 5.32. The Balaban J connectivity index is 2.73. The van der Waals surface area contributed by atoms with Crippen LogP contribution in [0.4, 0.5) is 18.0 Å². The Bertz CT molecular complexity index is 544. The molecule has 0 aromatic heterocycles. The predicted octanol–water partition coefficient (Wildman–Crippen LogP) is 2.88. The van der Waals surface area contributed by atoms with E-state index in [1.807, 2.05) is 0 Å². The van der Waals surface area contributed by atoms with Gasteiger partial charge in [-0.15, -0.1) is 0 Å². The van der Waals surface area contributed by atoms with Crippen molar-refractivity contribution in [2.45, 2.75) is 17.0 Å². The molecule has 10 heteroatoms. The second kappa shape index (κ2) is 4.69. The fourth-order valence-electron chi connectivity index (χ4n) is 2.17. The molecule has 2 unspecified atom stereocenters. The van der Waals surface area contributed by atoms with Gasteiger partial charge in [-0.25, -0.2) is 0 Å². The van der Waals surface area contributed by atoms with E-state index in [0.29, 0.717) is 17.8 Å². The number of nitro groups is 1. The summed E-state index contributed by atoms with van der Waals surface area (Å²) in [7, 11) is 2.60. The van der Waals surface area contributed by atoms with Crippen molar-refractivity contribution in [1.82, 2.24) is 4.90 Å². The fraction of sp³-hybridized carbons (Fsp3) is 0.500. The van der Waals surface area contributed by atoms with Gasteiger partial charge in [-0.05, 0) is 11.8 Å². The van der Waals surface area contributed by atoms with Gasteiger partial charge in [0.2, 0.25) is 0 Å². The number of hydrogen-bond acceptors (Lipinski definition) is 6. The van der Waals surface area contributed by atoms with E-state index in [1.165, 1.54) is 14.1 Å². The molecule has 1 fully saturated rings. The highest BCUT2D eigenvalue weighted by Crippen LogP contribution is 2.53. The maximum absolute atomic E-state index is 13.4. The second-order valence-electron chi connectivity index (χ2n) is 4.38. The van der Waals surface area contributed by atoms with Crippen molar-refractivity contribution in [3.8, 4) is 0 Å². The third-order valence-corrected chi connectivity index (χ3v) is 5.31. The van der Waals surface area contributed by atoms with E-state index in [9.17, 15) is 28.1 Å². The smallest absolute Gasteiger partial charge is 0.374 e. The monoisotopic (exact) mass is 326 g/mol. The van der Waals surface area contributed by atoms with Crippen molar-refractivity contribution in [3.05, 3.63) is 32.9 Å². The van der Waals surface area contributed by atoms with Gasteiger partial charge in [-0.3, -0.25) is 14.9 Å². The number of hydrogen-bond donors (Lipinski definition) is 0. The number of fused-ring (bicyclic) bond motifs is 1. The van der Waals surface area contributed by atoms with Crippen LogP contribution < -0.4 is 0 Å². The number of likely N-dealkylation sites (N-methyl/N-ethyl adjacent to an activating group) is 1. The number of carbonyl (C=O) groups excluding carboxylic acids is 1. The van der Waals surface area contributed by atoms with E-state index in [2.05, 4.69) is 0 Å². The molecule has 0 saturated carbocycles. The first-order valence-corrected chi connectivity index (χ1v) is 7.02. The van der Waals surface area contributed by atoms with Crippen LogP contribution in [-0.4, -0.2) is 45.3 Å². The van der Waals surface area contributed by atoms with Gasteiger partial charge in [0, 0.05) is 30.0 Å². The highest BCUT2D eigenvalue weighted by Gasteiger charge is 2.70. The summed E-state index contributed by atoms with van der Waals surface area (Å²) in [5, 5.41) is 10.6. The van der Waals surface area contributed by atoms with Gasteiger partial charge in [0.15, 0.2) is 0 Å². The fourth-order valence-corrected chi connectivity index (χ4v) is 4.63. The first-order chi connectivity index (χ1) is 9.11. The molecule has 0 radical (unpaired) electrons. The summed E-state index contributed by atoms with van der Waals surface area (Å²) in [6.45, 7) is 0. The van der Waals surface area contributed by atoms with Gasteiger partial charge in [-0.1, -0.05) is 17.8 Å². The maximum atomic E-state index is 13.4. The van der Waals surface area contributed by atoms with Crippen LogP contribution in [0.5, 0.6) is 0 Å². The van der Waals surface area contributed by atoms with Crippen LogP contribution in [0.25, 0.3) is 0 Å². The lowest BCUT2D eigenvalue weighted by Gasteiger charge is -2.35. The van der Waals surface area contributed by atoms with Gasteiger partial charge in [0.1, 0.15) is 5.70 Å². The molecule has 0 N–H and O–H groups in total.